The summed E-state index contributed by atoms with van der Waals surface area (Å²) in [5.41, 5.74) is 0. The van der Waals surface area contributed by atoms with Crippen molar-refractivity contribution >= 4 is 23.7 Å². The average Bonchev–Trinajstić information content (AvgIpc) is 2.90. The fourth-order valence-corrected chi connectivity index (χ4v) is 2.58. The fraction of sp³-hybridized carbons (Fsp3) is 0.750. The van der Waals surface area contributed by atoms with Gasteiger partial charge in [0.25, 0.3) is 0 Å². The first-order valence-corrected chi connectivity index (χ1v) is 7.69. The molecule has 1 aliphatic heterocycles. The molecule has 6 heteroatoms. The summed E-state index contributed by atoms with van der Waals surface area (Å²) in [6.45, 7) is 7.18. The van der Waals surface area contributed by atoms with E-state index in [1.54, 1.807) is 11.8 Å². The highest BCUT2D eigenvalue weighted by molar-refractivity contribution is 7.99. The molecule has 0 amide bonds. The monoisotopic (exact) mass is 267 g/mol. The van der Waals surface area contributed by atoms with Crippen LogP contribution in [0.4, 0.5) is 11.9 Å². The number of nitrogens with zero attached hydrogens (tertiary/aromatic N) is 4. The van der Waals surface area contributed by atoms with E-state index in [0.29, 0.717) is 5.95 Å². The Morgan fingerprint density at radius 1 is 1.17 bits per heavy atom. The Balaban J connectivity index is 2.17. The lowest BCUT2D eigenvalue weighted by Gasteiger charge is -2.16. The standard InChI is InChI=1S/C12H21N5S/c1-3-9-18-12-15-10(13-4-2)14-11(16-12)17-7-5-6-8-17/h3-9H2,1-2H3,(H,13,14,15,16). The highest BCUT2D eigenvalue weighted by Gasteiger charge is 2.17. The molecule has 1 aliphatic rings. The molecular formula is C12H21N5S. The van der Waals surface area contributed by atoms with Gasteiger partial charge >= 0.3 is 0 Å². The minimum absolute atomic E-state index is 0.702. The van der Waals surface area contributed by atoms with Crippen LogP contribution < -0.4 is 10.2 Å². The predicted molar refractivity (Wildman–Crippen MR) is 76.5 cm³/mol. The molecule has 0 atom stereocenters. The first-order chi connectivity index (χ1) is 8.83. The van der Waals surface area contributed by atoms with Gasteiger partial charge in [0.2, 0.25) is 11.9 Å². The molecule has 0 aromatic carbocycles. The molecule has 2 rings (SSSR count). The molecule has 0 aliphatic carbocycles. The van der Waals surface area contributed by atoms with Crippen molar-refractivity contribution in [3.05, 3.63) is 0 Å². The maximum atomic E-state index is 4.56. The van der Waals surface area contributed by atoms with Crippen molar-refractivity contribution in [1.82, 2.24) is 15.0 Å². The number of aromatic nitrogens is 3. The molecule has 1 fully saturated rings. The Bertz CT molecular complexity index is 379. The third-order valence-electron chi connectivity index (χ3n) is 2.76. The van der Waals surface area contributed by atoms with Crippen molar-refractivity contribution in [3.8, 4) is 0 Å². The smallest absolute Gasteiger partial charge is 0.231 e. The van der Waals surface area contributed by atoms with Crippen molar-refractivity contribution < 1.29 is 0 Å². The Kier molecular flexibility index (Phi) is 5.04. The molecule has 0 radical (unpaired) electrons. The molecule has 0 unspecified atom stereocenters. The van der Waals surface area contributed by atoms with Gasteiger partial charge in [-0.3, -0.25) is 0 Å². The molecule has 1 N–H and O–H groups in total. The second-order valence-electron chi connectivity index (χ2n) is 4.31. The van der Waals surface area contributed by atoms with Crippen LogP contribution in [-0.2, 0) is 0 Å². The molecular weight excluding hydrogens is 246 g/mol. The lowest BCUT2D eigenvalue weighted by atomic mass is 10.4. The molecule has 5 nitrogen and oxygen atoms in total. The first-order valence-electron chi connectivity index (χ1n) is 6.71. The van der Waals surface area contributed by atoms with Gasteiger partial charge in [0.1, 0.15) is 0 Å². The molecule has 1 saturated heterocycles. The predicted octanol–water partition coefficient (Wildman–Crippen LogP) is 2.41. The summed E-state index contributed by atoms with van der Waals surface area (Å²) in [5.74, 6) is 2.58. The highest BCUT2D eigenvalue weighted by atomic mass is 32.2. The van der Waals surface area contributed by atoms with Crippen LogP contribution in [0.3, 0.4) is 0 Å². The van der Waals surface area contributed by atoms with Gasteiger partial charge < -0.3 is 10.2 Å². The SMILES string of the molecule is CCCSc1nc(NCC)nc(N2CCCC2)n1. The number of thioether (sulfide) groups is 1. The summed E-state index contributed by atoms with van der Waals surface area (Å²) in [6, 6.07) is 0. The normalized spacial score (nSPS) is 15.1. The zero-order valence-electron chi connectivity index (χ0n) is 11.1. The van der Waals surface area contributed by atoms with E-state index in [2.05, 4.69) is 39.0 Å². The van der Waals surface area contributed by atoms with Crippen LogP contribution >= 0.6 is 11.8 Å². The van der Waals surface area contributed by atoms with Crippen LogP contribution in [0, 0.1) is 0 Å². The molecule has 0 spiro atoms. The van der Waals surface area contributed by atoms with Crippen LogP contribution in [0.2, 0.25) is 0 Å². The third-order valence-corrected chi connectivity index (χ3v) is 3.82. The average molecular weight is 267 g/mol. The van der Waals surface area contributed by atoms with Gasteiger partial charge in [-0.15, -0.1) is 0 Å². The van der Waals surface area contributed by atoms with Crippen LogP contribution in [0.5, 0.6) is 0 Å². The van der Waals surface area contributed by atoms with E-state index in [4.69, 9.17) is 0 Å². The van der Waals surface area contributed by atoms with E-state index in [0.717, 1.165) is 42.9 Å². The lowest BCUT2D eigenvalue weighted by Crippen LogP contribution is -2.21. The van der Waals surface area contributed by atoms with Crippen LogP contribution in [-0.4, -0.2) is 40.3 Å². The van der Waals surface area contributed by atoms with E-state index < -0.39 is 0 Å². The van der Waals surface area contributed by atoms with E-state index >= 15 is 0 Å². The van der Waals surface area contributed by atoms with Crippen LogP contribution in [0.25, 0.3) is 0 Å². The summed E-state index contributed by atoms with van der Waals surface area (Å²) >= 11 is 1.70. The molecule has 1 aromatic heterocycles. The zero-order valence-corrected chi connectivity index (χ0v) is 12.0. The quantitative estimate of drug-likeness (QED) is 0.799. The van der Waals surface area contributed by atoms with Crippen molar-refractivity contribution in [2.24, 2.45) is 0 Å². The Morgan fingerprint density at radius 2 is 1.94 bits per heavy atom. The number of anilines is 2. The first kappa shape index (κ1) is 13.4. The molecule has 1 aromatic rings. The minimum Gasteiger partial charge on any atom is -0.354 e. The highest BCUT2D eigenvalue weighted by Crippen LogP contribution is 2.21. The second kappa shape index (κ2) is 6.78. The van der Waals surface area contributed by atoms with Gasteiger partial charge in [-0.05, 0) is 26.2 Å². The maximum Gasteiger partial charge on any atom is 0.231 e. The fourth-order valence-electron chi connectivity index (χ4n) is 1.90. The van der Waals surface area contributed by atoms with Gasteiger partial charge in [0, 0.05) is 25.4 Å². The topological polar surface area (TPSA) is 53.9 Å². The molecule has 18 heavy (non-hydrogen) atoms. The van der Waals surface area contributed by atoms with Gasteiger partial charge in [-0.1, -0.05) is 18.7 Å². The van der Waals surface area contributed by atoms with Gasteiger partial charge in [0.15, 0.2) is 5.16 Å². The Labute approximate surface area is 113 Å². The summed E-state index contributed by atoms with van der Waals surface area (Å²) in [6.07, 6.45) is 3.60. The van der Waals surface area contributed by atoms with Crippen molar-refractivity contribution in [3.63, 3.8) is 0 Å². The summed E-state index contributed by atoms with van der Waals surface area (Å²) < 4.78 is 0. The molecule has 100 valence electrons. The van der Waals surface area contributed by atoms with Crippen molar-refractivity contribution in [2.45, 2.75) is 38.3 Å². The molecule has 0 saturated carbocycles. The van der Waals surface area contributed by atoms with Gasteiger partial charge in [-0.25, -0.2) is 0 Å². The van der Waals surface area contributed by atoms with E-state index in [1.165, 1.54) is 12.8 Å². The Morgan fingerprint density at radius 3 is 2.61 bits per heavy atom. The maximum absolute atomic E-state index is 4.56. The zero-order chi connectivity index (χ0) is 12.8. The summed E-state index contributed by atoms with van der Waals surface area (Å²) in [4.78, 5) is 15.7. The number of nitrogens with one attached hydrogen (secondary N) is 1. The van der Waals surface area contributed by atoms with E-state index in [9.17, 15) is 0 Å². The van der Waals surface area contributed by atoms with Crippen LogP contribution in [0.1, 0.15) is 33.1 Å². The number of rotatable bonds is 6. The van der Waals surface area contributed by atoms with Crippen LogP contribution in [0.15, 0.2) is 5.16 Å². The summed E-state index contributed by atoms with van der Waals surface area (Å²) in [5, 5.41) is 4.02. The van der Waals surface area contributed by atoms with E-state index in [-0.39, 0.29) is 0 Å². The van der Waals surface area contributed by atoms with Crippen molar-refractivity contribution in [2.75, 3.05) is 35.6 Å². The molecule has 2 heterocycles. The second-order valence-corrected chi connectivity index (χ2v) is 5.38. The third kappa shape index (κ3) is 3.48. The van der Waals surface area contributed by atoms with E-state index in [1.807, 2.05) is 0 Å². The Hall–Kier alpha value is -1.04. The number of hydrogen-bond acceptors (Lipinski definition) is 6. The van der Waals surface area contributed by atoms with Gasteiger partial charge in [-0.2, -0.15) is 15.0 Å². The minimum atomic E-state index is 0.702. The largest absolute Gasteiger partial charge is 0.354 e. The summed E-state index contributed by atoms with van der Waals surface area (Å²) in [7, 11) is 0. The van der Waals surface area contributed by atoms with Crippen molar-refractivity contribution in [1.29, 1.82) is 0 Å². The lowest BCUT2D eigenvalue weighted by molar-refractivity contribution is 0.825. The van der Waals surface area contributed by atoms with Gasteiger partial charge in [0.05, 0.1) is 0 Å². The number of hydrogen-bond donors (Lipinski definition) is 1. The molecule has 0 bridgehead atoms.